The number of carbonyl (C=O) groups is 1. The highest BCUT2D eigenvalue weighted by molar-refractivity contribution is 9.09. The summed E-state index contributed by atoms with van der Waals surface area (Å²) in [4.78, 5) is 11.9. The second-order valence-electron chi connectivity index (χ2n) is 3.75. The first kappa shape index (κ1) is 13.2. The Morgan fingerprint density at radius 1 is 1.47 bits per heavy atom. The maximum atomic E-state index is 11.9. The molecule has 0 radical (unpaired) electrons. The van der Waals surface area contributed by atoms with Crippen LogP contribution in [-0.2, 0) is 0 Å². The van der Waals surface area contributed by atoms with Gasteiger partial charge in [-0.05, 0) is 24.8 Å². The Bertz CT molecular complexity index is 347. The van der Waals surface area contributed by atoms with Crippen LogP contribution in [0.5, 0.6) is 0 Å². The van der Waals surface area contributed by atoms with Gasteiger partial charge in [0.05, 0.1) is 11.1 Å². The Labute approximate surface area is 111 Å². The van der Waals surface area contributed by atoms with Gasteiger partial charge in [-0.25, -0.2) is 0 Å². The fourth-order valence-corrected chi connectivity index (χ4v) is 3.07. The lowest BCUT2D eigenvalue weighted by atomic mass is 10.1. The van der Waals surface area contributed by atoms with Crippen LogP contribution in [0.1, 0.15) is 22.8 Å². The first-order chi connectivity index (χ1) is 7.02. The molecule has 0 fully saturated rings. The van der Waals surface area contributed by atoms with Gasteiger partial charge < -0.3 is 5.32 Å². The van der Waals surface area contributed by atoms with E-state index in [0.29, 0.717) is 0 Å². The first-order valence-electron chi connectivity index (χ1n) is 4.49. The average molecular weight is 355 g/mol. The molecular formula is C10H13Br2NOS. The van der Waals surface area contributed by atoms with Crippen molar-refractivity contribution < 1.29 is 4.79 Å². The predicted molar refractivity (Wildman–Crippen MR) is 72.5 cm³/mol. The zero-order chi connectivity index (χ0) is 11.5. The molecule has 0 atom stereocenters. The molecule has 1 N–H and O–H groups in total. The number of alkyl halides is 2. The summed E-state index contributed by atoms with van der Waals surface area (Å²) in [6.45, 7) is 3.95. The molecule has 0 bridgehead atoms. The van der Waals surface area contributed by atoms with Crippen LogP contribution in [0.15, 0.2) is 10.8 Å². The molecule has 1 aromatic heterocycles. The van der Waals surface area contributed by atoms with E-state index in [2.05, 4.69) is 37.2 Å². The molecule has 1 heterocycles. The van der Waals surface area contributed by atoms with E-state index in [1.165, 1.54) is 0 Å². The third-order valence-corrected chi connectivity index (χ3v) is 5.44. The van der Waals surface area contributed by atoms with Crippen molar-refractivity contribution in [1.82, 2.24) is 5.32 Å². The maximum Gasteiger partial charge on any atom is 0.252 e. The van der Waals surface area contributed by atoms with E-state index in [-0.39, 0.29) is 11.4 Å². The van der Waals surface area contributed by atoms with Crippen molar-refractivity contribution in [3.8, 4) is 0 Å². The SMILES string of the molecule is Cc1cscc1C(=O)NC(C)(CBr)CBr. The summed E-state index contributed by atoms with van der Waals surface area (Å²) in [5.41, 5.74) is 1.56. The molecule has 0 saturated carbocycles. The standard InChI is InChI=1S/C10H13Br2NOS/c1-7-3-15-4-8(7)9(14)13-10(2,5-11)6-12/h3-4H,5-6H2,1-2H3,(H,13,14). The minimum Gasteiger partial charge on any atom is -0.345 e. The monoisotopic (exact) mass is 353 g/mol. The molecule has 1 aromatic rings. The van der Waals surface area contributed by atoms with Crippen molar-refractivity contribution in [2.75, 3.05) is 10.7 Å². The van der Waals surface area contributed by atoms with E-state index >= 15 is 0 Å². The molecule has 5 heteroatoms. The molecule has 15 heavy (non-hydrogen) atoms. The number of rotatable bonds is 4. The predicted octanol–water partition coefficient (Wildman–Crippen LogP) is 3.33. The van der Waals surface area contributed by atoms with Crippen LogP contribution in [0.25, 0.3) is 0 Å². The van der Waals surface area contributed by atoms with E-state index in [1.807, 2.05) is 24.6 Å². The van der Waals surface area contributed by atoms with E-state index in [9.17, 15) is 4.79 Å². The van der Waals surface area contributed by atoms with Crippen LogP contribution >= 0.6 is 43.2 Å². The normalized spacial score (nSPS) is 11.5. The van der Waals surface area contributed by atoms with E-state index in [4.69, 9.17) is 0 Å². The molecule has 0 saturated heterocycles. The van der Waals surface area contributed by atoms with Gasteiger partial charge in [0.25, 0.3) is 5.91 Å². The van der Waals surface area contributed by atoms with Crippen LogP contribution in [0.3, 0.4) is 0 Å². The molecule has 0 spiro atoms. The lowest BCUT2D eigenvalue weighted by molar-refractivity contribution is 0.0923. The number of halogens is 2. The summed E-state index contributed by atoms with van der Waals surface area (Å²) in [6.07, 6.45) is 0. The molecule has 0 unspecified atom stereocenters. The minimum atomic E-state index is -0.245. The average Bonchev–Trinajstić information content (AvgIpc) is 2.64. The molecule has 0 aliphatic rings. The van der Waals surface area contributed by atoms with Gasteiger partial charge >= 0.3 is 0 Å². The Morgan fingerprint density at radius 2 is 2.07 bits per heavy atom. The Morgan fingerprint density at radius 3 is 2.47 bits per heavy atom. The smallest absolute Gasteiger partial charge is 0.252 e. The molecule has 1 rings (SSSR count). The number of hydrogen-bond donors (Lipinski definition) is 1. The Kier molecular flexibility index (Phi) is 4.80. The Balaban J connectivity index is 2.76. The summed E-state index contributed by atoms with van der Waals surface area (Å²) >= 11 is 8.35. The van der Waals surface area contributed by atoms with Gasteiger partial charge in [-0.1, -0.05) is 31.9 Å². The van der Waals surface area contributed by atoms with Gasteiger partial charge in [-0.2, -0.15) is 11.3 Å². The van der Waals surface area contributed by atoms with E-state index in [0.717, 1.165) is 21.8 Å². The molecular weight excluding hydrogens is 342 g/mol. The van der Waals surface area contributed by atoms with Crippen LogP contribution < -0.4 is 5.32 Å². The number of hydrogen-bond acceptors (Lipinski definition) is 2. The Hall–Kier alpha value is 0.130. The third kappa shape index (κ3) is 3.29. The second-order valence-corrected chi connectivity index (χ2v) is 5.62. The molecule has 0 aromatic carbocycles. The van der Waals surface area contributed by atoms with Gasteiger partial charge in [0.15, 0.2) is 0 Å². The van der Waals surface area contributed by atoms with Crippen molar-refractivity contribution in [1.29, 1.82) is 0 Å². The molecule has 2 nitrogen and oxygen atoms in total. The maximum absolute atomic E-state index is 11.9. The minimum absolute atomic E-state index is 0.00449. The molecule has 84 valence electrons. The topological polar surface area (TPSA) is 29.1 Å². The van der Waals surface area contributed by atoms with Gasteiger partial charge in [0.2, 0.25) is 0 Å². The van der Waals surface area contributed by atoms with Gasteiger partial charge in [0.1, 0.15) is 0 Å². The molecule has 0 aliphatic heterocycles. The zero-order valence-electron chi connectivity index (χ0n) is 8.64. The quantitative estimate of drug-likeness (QED) is 0.825. The largest absolute Gasteiger partial charge is 0.345 e. The van der Waals surface area contributed by atoms with Crippen LogP contribution in [0.2, 0.25) is 0 Å². The van der Waals surface area contributed by atoms with Crippen LogP contribution in [-0.4, -0.2) is 22.1 Å². The van der Waals surface area contributed by atoms with Crippen molar-refractivity contribution in [3.63, 3.8) is 0 Å². The summed E-state index contributed by atoms with van der Waals surface area (Å²) in [6, 6.07) is 0. The molecule has 0 aliphatic carbocycles. The highest BCUT2D eigenvalue weighted by Gasteiger charge is 2.25. The lowest BCUT2D eigenvalue weighted by Gasteiger charge is -2.26. The highest BCUT2D eigenvalue weighted by atomic mass is 79.9. The van der Waals surface area contributed by atoms with E-state index < -0.39 is 0 Å². The summed E-state index contributed by atoms with van der Waals surface area (Å²) in [5, 5.41) is 8.32. The first-order valence-corrected chi connectivity index (χ1v) is 7.68. The number of amides is 1. The zero-order valence-corrected chi connectivity index (χ0v) is 12.6. The third-order valence-electron chi connectivity index (χ3n) is 2.11. The van der Waals surface area contributed by atoms with Crippen LogP contribution in [0, 0.1) is 6.92 Å². The fraction of sp³-hybridized carbons (Fsp3) is 0.500. The van der Waals surface area contributed by atoms with Gasteiger partial charge in [-0.15, -0.1) is 0 Å². The summed E-state index contributed by atoms with van der Waals surface area (Å²) in [5.74, 6) is -0.00449. The number of nitrogens with one attached hydrogen (secondary N) is 1. The summed E-state index contributed by atoms with van der Waals surface area (Å²) in [7, 11) is 0. The number of aryl methyl sites for hydroxylation is 1. The summed E-state index contributed by atoms with van der Waals surface area (Å²) < 4.78 is 0. The van der Waals surface area contributed by atoms with Crippen LogP contribution in [0.4, 0.5) is 0 Å². The molecule has 1 amide bonds. The lowest BCUT2D eigenvalue weighted by Crippen LogP contribution is -2.49. The van der Waals surface area contributed by atoms with Gasteiger partial charge in [-0.3, -0.25) is 4.79 Å². The van der Waals surface area contributed by atoms with Crippen molar-refractivity contribution in [2.45, 2.75) is 19.4 Å². The number of thiophene rings is 1. The highest BCUT2D eigenvalue weighted by Crippen LogP contribution is 2.17. The number of carbonyl (C=O) groups excluding carboxylic acids is 1. The van der Waals surface area contributed by atoms with Crippen molar-refractivity contribution in [2.24, 2.45) is 0 Å². The van der Waals surface area contributed by atoms with Gasteiger partial charge in [0, 0.05) is 16.0 Å². The van der Waals surface area contributed by atoms with E-state index in [1.54, 1.807) is 11.3 Å². The second kappa shape index (κ2) is 5.46. The fourth-order valence-electron chi connectivity index (χ4n) is 1.04. The van der Waals surface area contributed by atoms with Crippen molar-refractivity contribution in [3.05, 3.63) is 21.9 Å². The van der Waals surface area contributed by atoms with Crippen molar-refractivity contribution >= 4 is 49.1 Å².